The molecule has 0 fully saturated rings. The van der Waals surface area contributed by atoms with E-state index >= 15 is 0 Å². The molecule has 0 spiro atoms. The lowest BCUT2D eigenvalue weighted by atomic mass is 10.0. The number of aliphatic imine (C=N–C) groups is 1. The van der Waals surface area contributed by atoms with Gasteiger partial charge in [-0.3, -0.25) is 24.2 Å². The average Bonchev–Trinajstić information content (AvgIpc) is 2.88. The molecule has 1 rings (SSSR count). The topological polar surface area (TPSA) is 221 Å². The molecule has 9 N–H and O–H groups in total. The summed E-state index contributed by atoms with van der Waals surface area (Å²) >= 11 is 1.54. The molecular formula is C25H39N7O6S. The quantitative estimate of drug-likeness (QED) is 0.0468. The van der Waals surface area contributed by atoms with Crippen molar-refractivity contribution in [3.8, 4) is 0 Å². The van der Waals surface area contributed by atoms with E-state index in [0.29, 0.717) is 18.6 Å². The van der Waals surface area contributed by atoms with Crippen molar-refractivity contribution >= 4 is 47.4 Å². The van der Waals surface area contributed by atoms with Gasteiger partial charge in [-0.2, -0.15) is 11.8 Å². The van der Waals surface area contributed by atoms with Gasteiger partial charge in [0.25, 0.3) is 0 Å². The number of hydrogen-bond acceptors (Lipinski definition) is 9. The normalized spacial score (nSPS) is 13.6. The zero-order chi connectivity index (χ0) is 29.4. The third-order valence-electron chi connectivity index (χ3n) is 5.42. The average molecular weight is 566 g/mol. The van der Waals surface area contributed by atoms with Crippen molar-refractivity contribution in [1.82, 2.24) is 16.0 Å². The van der Waals surface area contributed by atoms with Gasteiger partial charge >= 0.3 is 11.9 Å². The number of benzene rings is 1. The maximum absolute atomic E-state index is 13.3. The number of guanidine groups is 1. The Morgan fingerprint density at radius 3 is 2.15 bits per heavy atom. The Morgan fingerprint density at radius 1 is 0.949 bits per heavy atom. The minimum atomic E-state index is -1.15. The Hall–Kier alpha value is -3.65. The van der Waals surface area contributed by atoms with E-state index in [1.54, 1.807) is 42.1 Å². The van der Waals surface area contributed by atoms with E-state index in [1.165, 1.54) is 6.92 Å². The van der Waals surface area contributed by atoms with Crippen molar-refractivity contribution in [2.75, 3.05) is 18.6 Å². The molecule has 0 aliphatic heterocycles. The van der Waals surface area contributed by atoms with Crippen molar-refractivity contribution in [2.45, 2.75) is 63.7 Å². The van der Waals surface area contributed by atoms with Crippen LogP contribution in [-0.4, -0.2) is 78.3 Å². The number of esters is 2. The summed E-state index contributed by atoms with van der Waals surface area (Å²) in [6, 6.07) is 4.80. The predicted octanol–water partition coefficient (Wildman–Crippen LogP) is -1.07. The third kappa shape index (κ3) is 13.6. The molecule has 3 amide bonds. The number of amides is 3. The third-order valence-corrected chi connectivity index (χ3v) is 6.06. The maximum Gasteiger partial charge on any atom is 0.335 e. The van der Waals surface area contributed by atoms with Gasteiger partial charge in [0.1, 0.15) is 18.1 Å². The Bertz CT molecular complexity index is 1000. The lowest BCUT2D eigenvalue weighted by Gasteiger charge is -2.25. The predicted molar refractivity (Wildman–Crippen MR) is 149 cm³/mol. The summed E-state index contributed by atoms with van der Waals surface area (Å²) < 4.78 is 4.53. The van der Waals surface area contributed by atoms with Gasteiger partial charge in [-0.05, 0) is 43.8 Å². The summed E-state index contributed by atoms with van der Waals surface area (Å²) in [5, 5.41) is 7.80. The first-order valence-corrected chi connectivity index (χ1v) is 13.8. The standard InChI is InChI=1S/C25H39N7O6S/c1-15(24(37)38-16(2)33)30-23(36)20(14-17-8-5-4-6-9-17)32-22(35)19(10-7-12-29-25(27)28)31-21(34)18(26)11-13-39-3/h4-6,8-9,15,18-20H,7,10-14,26H2,1-3H3,(H,30,36)(H,31,34)(H,32,35)(H4,27,28,29)/t15-,18-,19-,20-/m0/s1. The van der Waals surface area contributed by atoms with Gasteiger partial charge in [0.15, 0.2) is 5.96 Å². The molecule has 0 saturated heterocycles. The smallest absolute Gasteiger partial charge is 0.335 e. The molecule has 0 aromatic heterocycles. The van der Waals surface area contributed by atoms with Crippen LogP contribution < -0.4 is 33.2 Å². The second-order valence-electron chi connectivity index (χ2n) is 8.79. The lowest BCUT2D eigenvalue weighted by Crippen LogP contribution is -2.57. The van der Waals surface area contributed by atoms with E-state index in [-0.39, 0.29) is 25.3 Å². The van der Waals surface area contributed by atoms with Crippen LogP contribution in [0.1, 0.15) is 38.7 Å². The SMILES string of the molecule is CSCC[C@H](N)C(=O)N[C@@H](CCCN=C(N)N)C(=O)N[C@@H](Cc1ccccc1)C(=O)N[C@@H](C)C(=O)OC(C)=O. The van der Waals surface area contributed by atoms with E-state index in [2.05, 4.69) is 25.7 Å². The van der Waals surface area contributed by atoms with Crippen molar-refractivity contribution in [3.63, 3.8) is 0 Å². The van der Waals surface area contributed by atoms with Crippen molar-refractivity contribution in [3.05, 3.63) is 35.9 Å². The summed E-state index contributed by atoms with van der Waals surface area (Å²) in [7, 11) is 0. The molecule has 0 radical (unpaired) electrons. The summed E-state index contributed by atoms with van der Waals surface area (Å²) in [4.78, 5) is 66.1. The van der Waals surface area contributed by atoms with Gasteiger partial charge < -0.3 is 37.9 Å². The highest BCUT2D eigenvalue weighted by Gasteiger charge is 2.30. The van der Waals surface area contributed by atoms with Gasteiger partial charge in [-0.25, -0.2) is 4.79 Å². The molecule has 0 aliphatic carbocycles. The fourth-order valence-electron chi connectivity index (χ4n) is 3.36. The number of nitrogens with zero attached hydrogens (tertiary/aromatic N) is 1. The lowest BCUT2D eigenvalue weighted by molar-refractivity contribution is -0.160. The molecule has 1 aromatic rings. The van der Waals surface area contributed by atoms with Gasteiger partial charge in [-0.1, -0.05) is 30.3 Å². The molecule has 216 valence electrons. The Kier molecular flexibility index (Phi) is 15.2. The molecule has 0 saturated carbocycles. The number of nitrogens with one attached hydrogen (secondary N) is 3. The van der Waals surface area contributed by atoms with Gasteiger partial charge in [0.05, 0.1) is 6.04 Å². The number of carbonyl (C=O) groups is 5. The summed E-state index contributed by atoms with van der Waals surface area (Å²) in [5.41, 5.74) is 17.4. The maximum atomic E-state index is 13.3. The monoisotopic (exact) mass is 565 g/mol. The zero-order valence-electron chi connectivity index (χ0n) is 22.5. The molecule has 13 nitrogen and oxygen atoms in total. The summed E-state index contributed by atoms with van der Waals surface area (Å²) in [6.45, 7) is 2.65. The second kappa shape index (κ2) is 17.8. The van der Waals surface area contributed by atoms with E-state index < -0.39 is 53.8 Å². The number of carbonyl (C=O) groups excluding carboxylic acids is 5. The molecule has 0 unspecified atom stereocenters. The van der Waals surface area contributed by atoms with Crippen LogP contribution in [0.5, 0.6) is 0 Å². The van der Waals surface area contributed by atoms with Gasteiger partial charge in [0.2, 0.25) is 17.7 Å². The number of hydrogen-bond donors (Lipinski definition) is 6. The van der Waals surface area contributed by atoms with Crippen LogP contribution in [0.15, 0.2) is 35.3 Å². The highest BCUT2D eigenvalue weighted by atomic mass is 32.2. The fourth-order valence-corrected chi connectivity index (χ4v) is 3.85. The number of ether oxygens (including phenoxy) is 1. The summed E-state index contributed by atoms with van der Waals surface area (Å²) in [5.74, 6) is -3.00. The minimum Gasteiger partial charge on any atom is -0.392 e. The van der Waals surface area contributed by atoms with Crippen LogP contribution in [0, 0.1) is 0 Å². The molecular weight excluding hydrogens is 526 g/mol. The molecule has 0 aliphatic rings. The first-order chi connectivity index (χ1) is 18.4. The number of nitrogens with two attached hydrogens (primary N) is 3. The van der Waals surface area contributed by atoms with Crippen LogP contribution in [0.3, 0.4) is 0 Å². The first-order valence-electron chi connectivity index (χ1n) is 12.4. The highest BCUT2D eigenvalue weighted by Crippen LogP contribution is 2.07. The van der Waals surface area contributed by atoms with E-state index in [4.69, 9.17) is 17.2 Å². The number of thioether (sulfide) groups is 1. The highest BCUT2D eigenvalue weighted by molar-refractivity contribution is 7.98. The van der Waals surface area contributed by atoms with Crippen LogP contribution >= 0.6 is 11.8 Å². The number of rotatable bonds is 16. The first kappa shape index (κ1) is 33.4. The van der Waals surface area contributed by atoms with Crippen LogP contribution in [0.4, 0.5) is 0 Å². The zero-order valence-corrected chi connectivity index (χ0v) is 23.3. The fraction of sp³-hybridized carbons (Fsp3) is 0.520. The van der Waals surface area contributed by atoms with Crippen LogP contribution in [0.2, 0.25) is 0 Å². The van der Waals surface area contributed by atoms with Crippen molar-refractivity contribution < 1.29 is 28.7 Å². The molecule has 4 atom stereocenters. The molecule has 39 heavy (non-hydrogen) atoms. The minimum absolute atomic E-state index is 0.0921. The largest absolute Gasteiger partial charge is 0.392 e. The van der Waals surface area contributed by atoms with Crippen LogP contribution in [0.25, 0.3) is 0 Å². The molecule has 0 heterocycles. The Labute approximate surface area is 232 Å². The summed E-state index contributed by atoms with van der Waals surface area (Å²) in [6.07, 6.45) is 2.94. The second-order valence-corrected chi connectivity index (χ2v) is 9.78. The van der Waals surface area contributed by atoms with E-state index in [0.717, 1.165) is 12.5 Å². The Morgan fingerprint density at radius 2 is 1.56 bits per heavy atom. The molecule has 0 bridgehead atoms. The van der Waals surface area contributed by atoms with E-state index in [1.807, 2.05) is 6.26 Å². The van der Waals surface area contributed by atoms with E-state index in [9.17, 15) is 24.0 Å². The molecule has 1 aromatic carbocycles. The van der Waals surface area contributed by atoms with Gasteiger partial charge in [0, 0.05) is 19.9 Å². The van der Waals surface area contributed by atoms with Crippen molar-refractivity contribution in [2.24, 2.45) is 22.2 Å². The van der Waals surface area contributed by atoms with Gasteiger partial charge in [-0.15, -0.1) is 0 Å². The van der Waals surface area contributed by atoms with Crippen molar-refractivity contribution in [1.29, 1.82) is 0 Å². The van der Waals surface area contributed by atoms with Crippen LogP contribution in [-0.2, 0) is 35.1 Å². The Balaban J connectivity index is 3.09. The molecule has 14 heteroatoms.